The van der Waals surface area contributed by atoms with Crippen molar-refractivity contribution >= 4 is 17.5 Å². The molecule has 37 heavy (non-hydrogen) atoms. The number of pyridine rings is 1. The van der Waals surface area contributed by atoms with Crippen LogP contribution in [-0.2, 0) is 11.4 Å². The van der Waals surface area contributed by atoms with Gasteiger partial charge in [-0.15, -0.1) is 0 Å². The third-order valence-corrected chi connectivity index (χ3v) is 6.56. The van der Waals surface area contributed by atoms with E-state index in [1.165, 1.54) is 16.4 Å². The van der Waals surface area contributed by atoms with Crippen molar-refractivity contribution < 1.29 is 37.1 Å². The van der Waals surface area contributed by atoms with Crippen LogP contribution in [0.25, 0.3) is 0 Å². The molecule has 2 aliphatic heterocycles. The molecule has 1 aromatic carbocycles. The van der Waals surface area contributed by atoms with Gasteiger partial charge in [-0.2, -0.15) is 0 Å². The number of alkyl halides is 1. The van der Waals surface area contributed by atoms with Crippen molar-refractivity contribution in [3.8, 4) is 5.75 Å². The summed E-state index contributed by atoms with van der Waals surface area (Å²) in [6, 6.07) is -0.0654. The third-order valence-electron chi connectivity index (χ3n) is 6.56. The van der Waals surface area contributed by atoms with E-state index in [0.29, 0.717) is 25.0 Å². The first-order valence-corrected chi connectivity index (χ1v) is 11.5. The van der Waals surface area contributed by atoms with Gasteiger partial charge in [-0.3, -0.25) is 14.4 Å². The summed E-state index contributed by atoms with van der Waals surface area (Å²) < 4.78 is 55.2. The Labute approximate surface area is 208 Å². The SMILES string of the molecule is C/C(CF)=N\OC1CCC(C)N2CC1n1cc(C(=O)NCc3c(F)cc(F)cc3F)c(=O)c(O)c1C2=O. The molecule has 3 atom stereocenters. The zero-order valence-electron chi connectivity index (χ0n) is 19.9. The lowest BCUT2D eigenvalue weighted by atomic mass is 10.0. The van der Waals surface area contributed by atoms with Crippen LogP contribution in [0.5, 0.6) is 5.75 Å². The number of rotatable bonds is 6. The molecule has 2 aliphatic rings. The lowest BCUT2D eigenvalue weighted by molar-refractivity contribution is 0.00741. The molecular formula is C24H24F4N4O5. The number of hydrogen-bond acceptors (Lipinski definition) is 6. The Hall–Kier alpha value is -3.90. The van der Waals surface area contributed by atoms with E-state index in [9.17, 15) is 37.1 Å². The quantitative estimate of drug-likeness (QED) is 0.343. The van der Waals surface area contributed by atoms with Gasteiger partial charge in [0, 0.05) is 43.0 Å². The van der Waals surface area contributed by atoms with Gasteiger partial charge in [-0.1, -0.05) is 5.16 Å². The van der Waals surface area contributed by atoms with E-state index in [2.05, 4.69) is 10.5 Å². The van der Waals surface area contributed by atoms with Gasteiger partial charge in [0.25, 0.3) is 11.8 Å². The van der Waals surface area contributed by atoms with Crippen molar-refractivity contribution in [1.29, 1.82) is 0 Å². The van der Waals surface area contributed by atoms with Crippen molar-refractivity contribution in [1.82, 2.24) is 14.8 Å². The number of oxime groups is 1. The summed E-state index contributed by atoms with van der Waals surface area (Å²) in [6.07, 6.45) is 1.28. The third kappa shape index (κ3) is 4.89. The number of carbonyl (C=O) groups excluding carboxylic acids is 2. The minimum absolute atomic E-state index is 0.0874. The van der Waals surface area contributed by atoms with Gasteiger partial charge in [0.1, 0.15) is 35.8 Å². The summed E-state index contributed by atoms with van der Waals surface area (Å²) >= 11 is 0. The summed E-state index contributed by atoms with van der Waals surface area (Å²) in [4.78, 5) is 45.9. The number of hydrogen-bond donors (Lipinski definition) is 2. The largest absolute Gasteiger partial charge is 0.503 e. The summed E-state index contributed by atoms with van der Waals surface area (Å²) in [5.41, 5.74) is -2.64. The molecule has 1 saturated heterocycles. The second-order valence-electron chi connectivity index (χ2n) is 9.06. The van der Waals surface area contributed by atoms with Crippen LogP contribution in [0.2, 0.25) is 0 Å². The molecule has 2 aromatic rings. The van der Waals surface area contributed by atoms with Crippen molar-refractivity contribution in [2.45, 2.75) is 51.4 Å². The van der Waals surface area contributed by atoms with Crippen molar-refractivity contribution in [3.05, 3.63) is 62.8 Å². The number of amides is 2. The second-order valence-corrected chi connectivity index (χ2v) is 9.06. The first kappa shape index (κ1) is 26.2. The van der Waals surface area contributed by atoms with E-state index < -0.39 is 76.9 Å². The minimum Gasteiger partial charge on any atom is -0.503 e. The van der Waals surface area contributed by atoms with Gasteiger partial charge in [0.2, 0.25) is 5.43 Å². The lowest BCUT2D eigenvalue weighted by Crippen LogP contribution is -2.49. The number of carbonyl (C=O) groups is 2. The van der Waals surface area contributed by atoms with Gasteiger partial charge in [0.15, 0.2) is 11.4 Å². The number of aromatic hydroxyl groups is 1. The molecule has 0 radical (unpaired) electrons. The molecular weight excluding hydrogens is 500 g/mol. The highest BCUT2D eigenvalue weighted by Gasteiger charge is 2.43. The standard InChI is InChI=1S/C24H24F4N4O5/c1-11(7-25)30-37-19-4-3-12(2)31-10-18(19)32-9-15(21(33)22(34)20(32)24(31)36)23(35)29-8-14-16(27)5-13(26)6-17(14)28/h5-6,9,12,18-19,34H,3-4,7-8,10H2,1-2H3,(H,29,35)/b30-11+. The predicted molar refractivity (Wildman–Crippen MR) is 123 cm³/mol. The van der Waals surface area contributed by atoms with E-state index in [1.807, 2.05) is 0 Å². The molecule has 2 N–H and O–H groups in total. The van der Waals surface area contributed by atoms with Gasteiger partial charge < -0.3 is 24.7 Å². The van der Waals surface area contributed by atoms with E-state index in [4.69, 9.17) is 4.84 Å². The molecule has 4 rings (SSSR count). The summed E-state index contributed by atoms with van der Waals surface area (Å²) in [6.45, 7) is 1.80. The highest BCUT2D eigenvalue weighted by Crippen LogP contribution is 2.36. The molecule has 3 unspecified atom stereocenters. The number of benzene rings is 1. The van der Waals surface area contributed by atoms with E-state index in [-0.39, 0.29) is 24.0 Å². The number of fused-ring (bicyclic) bond motifs is 4. The Kier molecular flexibility index (Phi) is 7.23. The summed E-state index contributed by atoms with van der Waals surface area (Å²) in [7, 11) is 0. The highest BCUT2D eigenvalue weighted by atomic mass is 19.1. The van der Waals surface area contributed by atoms with Gasteiger partial charge in [-0.25, -0.2) is 17.6 Å². The molecule has 0 aliphatic carbocycles. The molecule has 1 fully saturated rings. The highest BCUT2D eigenvalue weighted by molar-refractivity contribution is 5.99. The Bertz CT molecular complexity index is 1320. The minimum atomic E-state index is -1.23. The van der Waals surface area contributed by atoms with Crippen molar-refractivity contribution in [2.24, 2.45) is 5.16 Å². The number of halogens is 4. The normalized spacial score (nSPS) is 21.4. The molecule has 0 saturated carbocycles. The van der Waals surface area contributed by atoms with Crippen LogP contribution in [0.3, 0.4) is 0 Å². The molecule has 13 heteroatoms. The van der Waals surface area contributed by atoms with Crippen LogP contribution in [0.1, 0.15) is 59.1 Å². The number of nitrogens with zero attached hydrogens (tertiary/aromatic N) is 3. The van der Waals surface area contributed by atoms with Crippen LogP contribution in [0, 0.1) is 17.5 Å². The number of aromatic nitrogens is 1. The second kappa shape index (κ2) is 10.2. The first-order chi connectivity index (χ1) is 17.5. The summed E-state index contributed by atoms with van der Waals surface area (Å²) in [5.74, 6) is -6.27. The Balaban J connectivity index is 1.72. The van der Waals surface area contributed by atoms with Crippen LogP contribution >= 0.6 is 0 Å². The smallest absolute Gasteiger partial charge is 0.274 e. The maximum absolute atomic E-state index is 14.0. The van der Waals surface area contributed by atoms with Crippen molar-refractivity contribution in [2.75, 3.05) is 13.2 Å². The van der Waals surface area contributed by atoms with Crippen LogP contribution < -0.4 is 10.7 Å². The molecule has 3 heterocycles. The Morgan fingerprint density at radius 2 is 1.89 bits per heavy atom. The molecule has 2 bridgehead atoms. The first-order valence-electron chi connectivity index (χ1n) is 11.5. The van der Waals surface area contributed by atoms with Crippen LogP contribution in [0.4, 0.5) is 17.6 Å². The monoisotopic (exact) mass is 524 g/mol. The van der Waals surface area contributed by atoms with Gasteiger partial charge in [0.05, 0.1) is 11.8 Å². The fraction of sp³-hybridized carbons (Fsp3) is 0.417. The predicted octanol–water partition coefficient (Wildman–Crippen LogP) is 2.81. The van der Waals surface area contributed by atoms with E-state index >= 15 is 0 Å². The molecule has 2 amide bonds. The Morgan fingerprint density at radius 1 is 1.22 bits per heavy atom. The molecule has 0 spiro atoms. The summed E-state index contributed by atoms with van der Waals surface area (Å²) in [5, 5.41) is 16.6. The maximum Gasteiger partial charge on any atom is 0.274 e. The van der Waals surface area contributed by atoms with Crippen LogP contribution in [-0.4, -0.2) is 57.5 Å². The fourth-order valence-corrected chi connectivity index (χ4v) is 4.50. The molecule has 198 valence electrons. The van der Waals surface area contributed by atoms with Crippen molar-refractivity contribution in [3.63, 3.8) is 0 Å². The van der Waals surface area contributed by atoms with Gasteiger partial charge >= 0.3 is 0 Å². The average molecular weight is 524 g/mol. The van der Waals surface area contributed by atoms with E-state index in [1.54, 1.807) is 6.92 Å². The zero-order valence-corrected chi connectivity index (χ0v) is 19.9. The van der Waals surface area contributed by atoms with E-state index in [0.717, 1.165) is 6.20 Å². The molecule has 1 aromatic heterocycles. The topological polar surface area (TPSA) is 113 Å². The zero-order chi connectivity index (χ0) is 27.0. The maximum atomic E-state index is 14.0. The van der Waals surface area contributed by atoms with Gasteiger partial charge in [-0.05, 0) is 26.7 Å². The number of nitrogens with one attached hydrogen (secondary N) is 1. The average Bonchev–Trinajstić information content (AvgIpc) is 2.99. The van der Waals surface area contributed by atoms with Crippen LogP contribution in [0.15, 0.2) is 28.3 Å². The molecule has 9 nitrogen and oxygen atoms in total. The Morgan fingerprint density at radius 3 is 2.54 bits per heavy atom. The lowest BCUT2D eigenvalue weighted by Gasteiger charge is -2.38. The fourth-order valence-electron chi connectivity index (χ4n) is 4.50.